The lowest BCUT2D eigenvalue weighted by Crippen LogP contribution is -2.18. The van der Waals surface area contributed by atoms with Gasteiger partial charge in [-0.3, -0.25) is 9.59 Å². The van der Waals surface area contributed by atoms with Gasteiger partial charge in [0.1, 0.15) is 12.4 Å². The van der Waals surface area contributed by atoms with Crippen LogP contribution in [0.5, 0.6) is 5.75 Å². The van der Waals surface area contributed by atoms with Gasteiger partial charge in [-0.1, -0.05) is 54.1 Å². The molecule has 0 spiro atoms. The number of benzene rings is 3. The Bertz CT molecular complexity index is 974. The number of rotatable bonds is 6. The minimum atomic E-state index is -0.627. The van der Waals surface area contributed by atoms with Crippen molar-refractivity contribution < 1.29 is 14.3 Å². The van der Waals surface area contributed by atoms with E-state index in [1.165, 1.54) is 6.07 Å². The molecule has 0 heterocycles. The van der Waals surface area contributed by atoms with Gasteiger partial charge in [0, 0.05) is 5.02 Å². The molecule has 3 N–H and O–H groups in total. The molecule has 3 aromatic rings. The molecule has 0 saturated carbocycles. The Morgan fingerprint density at radius 1 is 0.926 bits per heavy atom. The van der Waals surface area contributed by atoms with E-state index in [1.807, 2.05) is 30.3 Å². The molecule has 5 nitrogen and oxygen atoms in total. The molecule has 0 aliphatic heterocycles. The van der Waals surface area contributed by atoms with Crippen molar-refractivity contribution in [1.29, 1.82) is 0 Å². The summed E-state index contributed by atoms with van der Waals surface area (Å²) in [5.74, 6) is -0.691. The first-order valence-corrected chi connectivity index (χ1v) is 8.59. The van der Waals surface area contributed by atoms with E-state index >= 15 is 0 Å². The predicted octanol–water partition coefficient (Wildman–Crippen LogP) is 4.27. The Labute approximate surface area is 161 Å². The molecule has 0 fully saturated rings. The van der Waals surface area contributed by atoms with Gasteiger partial charge in [0.15, 0.2) is 0 Å². The van der Waals surface area contributed by atoms with E-state index in [4.69, 9.17) is 22.1 Å². The van der Waals surface area contributed by atoms with E-state index < -0.39 is 11.8 Å². The number of nitrogens with two attached hydrogens (primary N) is 1. The van der Waals surface area contributed by atoms with Crippen LogP contribution in [0.25, 0.3) is 0 Å². The molecule has 0 bridgehead atoms. The van der Waals surface area contributed by atoms with Crippen LogP contribution in [0.1, 0.15) is 26.3 Å². The highest BCUT2D eigenvalue weighted by Crippen LogP contribution is 2.26. The number of hydrogen-bond donors (Lipinski definition) is 2. The fourth-order valence-electron chi connectivity index (χ4n) is 2.54. The molecule has 136 valence electrons. The highest BCUT2D eigenvalue weighted by molar-refractivity contribution is 6.31. The average Bonchev–Trinajstić information content (AvgIpc) is 2.68. The third kappa shape index (κ3) is 4.65. The summed E-state index contributed by atoms with van der Waals surface area (Å²) in [6, 6.07) is 20.9. The minimum absolute atomic E-state index is 0.222. The van der Waals surface area contributed by atoms with Gasteiger partial charge < -0.3 is 15.8 Å². The summed E-state index contributed by atoms with van der Waals surface area (Å²) in [5, 5.41) is 3.09. The second-order valence-electron chi connectivity index (χ2n) is 5.78. The van der Waals surface area contributed by atoms with Gasteiger partial charge in [0.25, 0.3) is 11.8 Å². The van der Waals surface area contributed by atoms with Crippen LogP contribution in [0.3, 0.4) is 0 Å². The van der Waals surface area contributed by atoms with Crippen molar-refractivity contribution >= 4 is 29.1 Å². The zero-order valence-electron chi connectivity index (χ0n) is 14.3. The Kier molecular flexibility index (Phi) is 5.74. The highest BCUT2D eigenvalue weighted by Gasteiger charge is 2.16. The van der Waals surface area contributed by atoms with Crippen LogP contribution in [-0.4, -0.2) is 11.8 Å². The fraction of sp³-hybridized carbons (Fsp3) is 0.0476. The van der Waals surface area contributed by atoms with E-state index in [1.54, 1.807) is 36.4 Å². The van der Waals surface area contributed by atoms with Crippen LogP contribution in [0.4, 0.5) is 5.69 Å². The molecule has 0 aliphatic rings. The Morgan fingerprint density at radius 3 is 2.37 bits per heavy atom. The van der Waals surface area contributed by atoms with E-state index in [-0.39, 0.29) is 11.1 Å². The van der Waals surface area contributed by atoms with Gasteiger partial charge in [-0.05, 0) is 35.9 Å². The van der Waals surface area contributed by atoms with Crippen LogP contribution in [0.2, 0.25) is 5.02 Å². The molecule has 2 amide bonds. The van der Waals surface area contributed by atoms with Crippen LogP contribution < -0.4 is 15.8 Å². The lowest BCUT2D eigenvalue weighted by atomic mass is 10.1. The third-order valence-corrected chi connectivity index (χ3v) is 4.10. The quantitative estimate of drug-likeness (QED) is 0.670. The van der Waals surface area contributed by atoms with Crippen molar-refractivity contribution in [3.8, 4) is 5.75 Å². The fourth-order valence-corrected chi connectivity index (χ4v) is 2.71. The van der Waals surface area contributed by atoms with Crippen molar-refractivity contribution in [1.82, 2.24) is 0 Å². The van der Waals surface area contributed by atoms with E-state index in [9.17, 15) is 9.59 Å². The first-order chi connectivity index (χ1) is 13.0. The lowest BCUT2D eigenvalue weighted by Gasteiger charge is -2.13. The number of ether oxygens (including phenoxy) is 1. The maximum absolute atomic E-state index is 12.8. The van der Waals surface area contributed by atoms with Gasteiger partial charge in [0.2, 0.25) is 0 Å². The van der Waals surface area contributed by atoms with Gasteiger partial charge >= 0.3 is 0 Å². The molecule has 0 unspecified atom stereocenters. The summed E-state index contributed by atoms with van der Waals surface area (Å²) in [6.07, 6.45) is 0. The van der Waals surface area contributed by atoms with Crippen molar-refractivity contribution in [2.75, 3.05) is 5.32 Å². The zero-order valence-corrected chi connectivity index (χ0v) is 15.1. The first-order valence-electron chi connectivity index (χ1n) is 8.21. The number of amides is 2. The smallest absolute Gasteiger partial charge is 0.259 e. The molecule has 0 radical (unpaired) electrons. The number of carbonyl (C=O) groups is 2. The number of carbonyl (C=O) groups excluding carboxylic acids is 2. The maximum Gasteiger partial charge on any atom is 0.259 e. The van der Waals surface area contributed by atoms with Crippen molar-refractivity contribution in [3.05, 3.63) is 94.5 Å². The summed E-state index contributed by atoms with van der Waals surface area (Å²) < 4.78 is 5.80. The highest BCUT2D eigenvalue weighted by atomic mass is 35.5. The summed E-state index contributed by atoms with van der Waals surface area (Å²) in [5.41, 5.74) is 7.14. The molecule has 0 aromatic heterocycles. The standard InChI is InChI=1S/C21H17ClN2O3/c22-15-10-11-19(27-13-14-6-2-1-3-7-14)17(12-15)21(26)24-18-9-5-4-8-16(18)20(23)25/h1-12H,13H2,(H2,23,25)(H,24,26). The largest absolute Gasteiger partial charge is 0.488 e. The molecule has 3 rings (SSSR count). The van der Waals surface area contributed by atoms with Crippen LogP contribution in [0.15, 0.2) is 72.8 Å². The number of para-hydroxylation sites is 1. The SMILES string of the molecule is NC(=O)c1ccccc1NC(=O)c1cc(Cl)ccc1OCc1ccccc1. The normalized spacial score (nSPS) is 10.3. The summed E-state index contributed by atoms with van der Waals surface area (Å²) in [7, 11) is 0. The topological polar surface area (TPSA) is 81.4 Å². The van der Waals surface area contributed by atoms with Crippen LogP contribution >= 0.6 is 11.6 Å². The van der Waals surface area contributed by atoms with Gasteiger partial charge in [0.05, 0.1) is 16.8 Å². The van der Waals surface area contributed by atoms with Crippen LogP contribution in [-0.2, 0) is 6.61 Å². The minimum Gasteiger partial charge on any atom is -0.488 e. The number of hydrogen-bond acceptors (Lipinski definition) is 3. The predicted molar refractivity (Wildman–Crippen MR) is 105 cm³/mol. The molecular weight excluding hydrogens is 364 g/mol. The second kappa shape index (κ2) is 8.38. The number of nitrogens with one attached hydrogen (secondary N) is 1. The Hall–Kier alpha value is -3.31. The van der Waals surface area contributed by atoms with Gasteiger partial charge in [-0.15, -0.1) is 0 Å². The Balaban J connectivity index is 1.84. The molecule has 0 aliphatic carbocycles. The molecule has 6 heteroatoms. The van der Waals surface area contributed by atoms with Crippen molar-refractivity contribution in [2.24, 2.45) is 5.73 Å². The maximum atomic E-state index is 12.8. The molecule has 27 heavy (non-hydrogen) atoms. The average molecular weight is 381 g/mol. The monoisotopic (exact) mass is 380 g/mol. The molecular formula is C21H17ClN2O3. The van der Waals surface area contributed by atoms with Gasteiger partial charge in [-0.25, -0.2) is 0 Å². The number of halogens is 1. The first kappa shape index (κ1) is 18.5. The lowest BCUT2D eigenvalue weighted by molar-refractivity contribution is 0.100. The molecule has 3 aromatic carbocycles. The van der Waals surface area contributed by atoms with E-state index in [2.05, 4.69) is 5.32 Å². The van der Waals surface area contributed by atoms with E-state index in [0.29, 0.717) is 23.1 Å². The second-order valence-corrected chi connectivity index (χ2v) is 6.22. The summed E-state index contributed by atoms with van der Waals surface area (Å²) in [6.45, 7) is 0.306. The third-order valence-electron chi connectivity index (χ3n) is 3.86. The van der Waals surface area contributed by atoms with Crippen LogP contribution in [0, 0.1) is 0 Å². The number of anilines is 1. The number of primary amides is 1. The summed E-state index contributed by atoms with van der Waals surface area (Å²) in [4.78, 5) is 24.3. The van der Waals surface area contributed by atoms with Crippen molar-refractivity contribution in [3.63, 3.8) is 0 Å². The Morgan fingerprint density at radius 2 is 1.63 bits per heavy atom. The summed E-state index contributed by atoms with van der Waals surface area (Å²) >= 11 is 6.05. The van der Waals surface area contributed by atoms with E-state index in [0.717, 1.165) is 5.56 Å². The molecule has 0 atom stereocenters. The zero-order chi connectivity index (χ0) is 19.2. The molecule has 0 saturated heterocycles. The van der Waals surface area contributed by atoms with Crippen molar-refractivity contribution in [2.45, 2.75) is 6.61 Å². The van der Waals surface area contributed by atoms with Gasteiger partial charge in [-0.2, -0.15) is 0 Å².